The highest BCUT2D eigenvalue weighted by Crippen LogP contribution is 2.34. The molecule has 0 aliphatic heterocycles. The number of aryl methyl sites for hydroxylation is 1. The molecular weight excluding hydrogens is 257 g/mol. The first-order valence-corrected chi connectivity index (χ1v) is 6.69. The minimum atomic E-state index is -0.432. The zero-order valence-electron chi connectivity index (χ0n) is 11.3. The summed E-state index contributed by atoms with van der Waals surface area (Å²) in [4.78, 5) is 15.3. The monoisotopic (exact) mass is 273 g/mol. The third-order valence-corrected chi connectivity index (χ3v) is 3.92. The molecule has 4 nitrogen and oxygen atoms in total. The molecule has 0 saturated carbocycles. The normalized spacial score (nSPS) is 17.8. The Labute approximate surface area is 116 Å². The van der Waals surface area contributed by atoms with Gasteiger partial charge in [-0.1, -0.05) is 6.92 Å². The van der Waals surface area contributed by atoms with Crippen molar-refractivity contribution in [3.8, 4) is 0 Å². The minimum Gasteiger partial charge on any atom is -0.358 e. The number of carbonyl (C=O) groups excluding carboxylic acids is 1. The summed E-state index contributed by atoms with van der Waals surface area (Å²) in [6.07, 6.45) is 2.93. The van der Waals surface area contributed by atoms with Gasteiger partial charge in [0.25, 0.3) is 5.91 Å². The van der Waals surface area contributed by atoms with Crippen LogP contribution in [0.3, 0.4) is 0 Å². The van der Waals surface area contributed by atoms with Crippen molar-refractivity contribution in [1.29, 1.82) is 0 Å². The van der Waals surface area contributed by atoms with Gasteiger partial charge < -0.3 is 4.98 Å². The van der Waals surface area contributed by atoms with Crippen LogP contribution in [0.15, 0.2) is 17.2 Å². The molecule has 2 aromatic rings. The zero-order valence-corrected chi connectivity index (χ0v) is 11.3. The van der Waals surface area contributed by atoms with Gasteiger partial charge in [-0.15, -0.1) is 0 Å². The summed E-state index contributed by atoms with van der Waals surface area (Å²) in [6, 6.07) is 2.70. The van der Waals surface area contributed by atoms with Crippen LogP contribution in [-0.4, -0.2) is 17.6 Å². The summed E-state index contributed by atoms with van der Waals surface area (Å²) in [6.45, 7) is 5.43. The van der Waals surface area contributed by atoms with E-state index in [2.05, 4.69) is 29.2 Å². The summed E-state index contributed by atoms with van der Waals surface area (Å²) in [5.41, 5.74) is 5.53. The molecule has 0 spiro atoms. The Kier molecular flexibility index (Phi) is 3.04. The molecule has 1 aliphatic carbocycles. The smallest absolute Gasteiger partial charge is 0.272 e. The number of hydrazone groups is 1. The number of rotatable bonds is 2. The van der Waals surface area contributed by atoms with Gasteiger partial charge in [0.05, 0.1) is 5.56 Å². The second-order valence-corrected chi connectivity index (χ2v) is 5.41. The quantitative estimate of drug-likeness (QED) is 0.641. The van der Waals surface area contributed by atoms with Crippen molar-refractivity contribution in [2.24, 2.45) is 11.0 Å². The number of carbonyl (C=O) groups is 1. The van der Waals surface area contributed by atoms with Crippen LogP contribution in [0.25, 0.3) is 10.9 Å². The third kappa shape index (κ3) is 1.99. The second kappa shape index (κ2) is 4.74. The molecule has 0 bridgehead atoms. The molecule has 2 N–H and O–H groups in total. The summed E-state index contributed by atoms with van der Waals surface area (Å²) in [5, 5.41) is 4.19. The number of aromatic amines is 1. The van der Waals surface area contributed by atoms with Crippen LogP contribution in [0.2, 0.25) is 0 Å². The topological polar surface area (TPSA) is 57.2 Å². The Morgan fingerprint density at radius 3 is 3.10 bits per heavy atom. The minimum absolute atomic E-state index is 0.319. The van der Waals surface area contributed by atoms with E-state index in [4.69, 9.17) is 0 Å². The average molecular weight is 273 g/mol. The maximum Gasteiger partial charge on any atom is 0.272 e. The Bertz CT molecular complexity index is 705. The molecule has 1 unspecified atom stereocenters. The number of halogens is 1. The Balaban J connectivity index is 2.23. The van der Waals surface area contributed by atoms with Crippen molar-refractivity contribution in [3.63, 3.8) is 0 Å². The predicted molar refractivity (Wildman–Crippen MR) is 76.5 cm³/mol. The molecule has 1 heterocycles. The van der Waals surface area contributed by atoms with Gasteiger partial charge in [-0.3, -0.25) is 4.79 Å². The molecule has 1 atom stereocenters. The number of hydrogen-bond acceptors (Lipinski definition) is 2. The molecule has 3 rings (SSSR count). The average Bonchev–Trinajstić information content (AvgIpc) is 2.74. The van der Waals surface area contributed by atoms with Gasteiger partial charge in [-0.25, -0.2) is 9.82 Å². The highest BCUT2D eigenvalue weighted by atomic mass is 19.1. The molecular formula is C15H16FN3O. The molecule has 0 saturated heterocycles. The van der Waals surface area contributed by atoms with Crippen LogP contribution in [0.1, 0.15) is 35.0 Å². The van der Waals surface area contributed by atoms with Gasteiger partial charge >= 0.3 is 0 Å². The lowest BCUT2D eigenvalue weighted by molar-refractivity contribution is 0.0956. The van der Waals surface area contributed by atoms with E-state index in [0.717, 1.165) is 35.9 Å². The van der Waals surface area contributed by atoms with Crippen molar-refractivity contribution < 1.29 is 9.18 Å². The summed E-state index contributed by atoms with van der Waals surface area (Å²) in [5.74, 6) is -0.254. The van der Waals surface area contributed by atoms with E-state index in [1.807, 2.05) is 0 Å². The van der Waals surface area contributed by atoms with Crippen LogP contribution in [0, 0.1) is 11.7 Å². The number of nitrogens with zero attached hydrogens (tertiary/aromatic N) is 1. The van der Waals surface area contributed by atoms with E-state index in [-0.39, 0.29) is 0 Å². The second-order valence-electron chi connectivity index (χ2n) is 5.41. The van der Waals surface area contributed by atoms with Crippen LogP contribution < -0.4 is 5.43 Å². The van der Waals surface area contributed by atoms with E-state index >= 15 is 0 Å². The summed E-state index contributed by atoms with van der Waals surface area (Å²) in [7, 11) is 0. The largest absolute Gasteiger partial charge is 0.358 e. The van der Waals surface area contributed by atoms with E-state index in [1.165, 1.54) is 12.1 Å². The number of amides is 1. The van der Waals surface area contributed by atoms with E-state index in [1.54, 1.807) is 0 Å². The number of H-pyrrole nitrogens is 1. The first kappa shape index (κ1) is 12.8. The van der Waals surface area contributed by atoms with Crippen LogP contribution in [0.4, 0.5) is 4.39 Å². The van der Waals surface area contributed by atoms with Gasteiger partial charge in [-0.05, 0) is 42.9 Å². The van der Waals surface area contributed by atoms with Gasteiger partial charge in [0.15, 0.2) is 0 Å². The highest BCUT2D eigenvalue weighted by molar-refractivity contribution is 6.08. The standard InChI is InChI=1S/C15H16FN3O/c1-8-3-4-10-12(5-8)18-13-7-9(16)6-11(14(10)13)15(20)19-17-2/h6-8,18H,2-5H2,1H3,(H,19,20). The first-order valence-electron chi connectivity index (χ1n) is 6.69. The first-order chi connectivity index (χ1) is 9.60. The van der Waals surface area contributed by atoms with Crippen molar-refractivity contribution in [2.75, 3.05) is 0 Å². The lowest BCUT2D eigenvalue weighted by atomic mass is 9.87. The molecule has 5 heteroatoms. The fourth-order valence-electron chi connectivity index (χ4n) is 3.02. The van der Waals surface area contributed by atoms with Crippen LogP contribution >= 0.6 is 0 Å². The van der Waals surface area contributed by atoms with Crippen molar-refractivity contribution in [1.82, 2.24) is 10.4 Å². The highest BCUT2D eigenvalue weighted by Gasteiger charge is 2.23. The number of hydrogen-bond donors (Lipinski definition) is 2. The number of benzene rings is 1. The molecule has 1 aliphatic rings. The van der Waals surface area contributed by atoms with Gasteiger partial charge in [0.1, 0.15) is 5.82 Å². The Morgan fingerprint density at radius 1 is 1.55 bits per heavy atom. The van der Waals surface area contributed by atoms with Gasteiger partial charge in [0.2, 0.25) is 0 Å². The third-order valence-electron chi connectivity index (χ3n) is 3.92. The molecule has 20 heavy (non-hydrogen) atoms. The lowest BCUT2D eigenvalue weighted by Crippen LogP contribution is -2.18. The van der Waals surface area contributed by atoms with Gasteiger partial charge in [0, 0.05) is 23.3 Å². The number of fused-ring (bicyclic) bond motifs is 3. The zero-order chi connectivity index (χ0) is 14.3. The Morgan fingerprint density at radius 2 is 2.35 bits per heavy atom. The fourth-order valence-corrected chi connectivity index (χ4v) is 3.02. The molecule has 0 radical (unpaired) electrons. The molecule has 1 aromatic heterocycles. The maximum atomic E-state index is 13.7. The van der Waals surface area contributed by atoms with Crippen molar-refractivity contribution in [3.05, 3.63) is 34.8 Å². The van der Waals surface area contributed by atoms with E-state index in [0.29, 0.717) is 17.0 Å². The predicted octanol–water partition coefficient (Wildman–Crippen LogP) is 2.78. The SMILES string of the molecule is C=NNC(=O)c1cc(F)cc2[nH]c3c(c12)CCC(C)C3. The number of nitrogens with one attached hydrogen (secondary N) is 2. The van der Waals surface area contributed by atoms with Crippen LogP contribution in [0.5, 0.6) is 0 Å². The molecule has 104 valence electrons. The summed E-state index contributed by atoms with van der Waals surface area (Å²) < 4.78 is 13.7. The van der Waals surface area contributed by atoms with Gasteiger partial charge in [-0.2, -0.15) is 5.10 Å². The van der Waals surface area contributed by atoms with Crippen molar-refractivity contribution >= 4 is 23.5 Å². The number of aromatic nitrogens is 1. The molecule has 1 amide bonds. The summed E-state index contributed by atoms with van der Waals surface area (Å²) >= 11 is 0. The molecule has 0 fully saturated rings. The fraction of sp³-hybridized carbons (Fsp3) is 0.333. The van der Waals surface area contributed by atoms with E-state index in [9.17, 15) is 9.18 Å². The lowest BCUT2D eigenvalue weighted by Gasteiger charge is -2.18. The molecule has 1 aromatic carbocycles. The van der Waals surface area contributed by atoms with Crippen molar-refractivity contribution in [2.45, 2.75) is 26.2 Å². The Hall–Kier alpha value is -2.17. The maximum absolute atomic E-state index is 13.7. The van der Waals surface area contributed by atoms with Crippen LogP contribution in [-0.2, 0) is 12.8 Å². The van der Waals surface area contributed by atoms with E-state index < -0.39 is 11.7 Å².